The molecular formula is C31H31BClFKN2O7S-. The minimum atomic E-state index is -3.07. The molecule has 4 aromatic rings. The fourth-order valence-corrected chi connectivity index (χ4v) is 7.00. The molecule has 4 aliphatic rings. The fourth-order valence-electron chi connectivity index (χ4n) is 6.11. The van der Waals surface area contributed by atoms with Crippen molar-refractivity contribution in [3.05, 3.63) is 82.1 Å². The molecule has 1 saturated carbocycles. The summed E-state index contributed by atoms with van der Waals surface area (Å²) < 4.78 is 64.4. The van der Waals surface area contributed by atoms with E-state index in [9.17, 15) is 17.6 Å². The molecule has 1 aromatic heterocycles. The Kier molecular flexibility index (Phi) is 9.34. The molecule has 232 valence electrons. The molecule has 1 aliphatic carbocycles. The van der Waals surface area contributed by atoms with Crippen LogP contribution in [0.25, 0.3) is 22.3 Å². The average molecular weight is 680 g/mol. The SMILES string of the molecule is CNC(=O)c1c(-c2ccc(F)cc2)oc2cc(CN(c3ccc([B-]45OCC(C)(CO4)CO5)c(Cl)c3)[SH](=O)=O)c(C3CC3)cc12.[KH]. The van der Waals surface area contributed by atoms with Crippen molar-refractivity contribution in [3.63, 3.8) is 0 Å². The molecule has 0 spiro atoms. The number of carbonyl (C=O) groups is 1. The maximum atomic E-state index is 13.7. The maximum absolute atomic E-state index is 13.7. The first-order valence-electron chi connectivity index (χ1n) is 14.4. The van der Waals surface area contributed by atoms with E-state index in [1.807, 2.05) is 13.0 Å². The Morgan fingerprint density at radius 1 is 1.07 bits per heavy atom. The van der Waals surface area contributed by atoms with Crippen molar-refractivity contribution < 1.29 is 36.0 Å². The number of nitrogens with one attached hydrogen (secondary N) is 1. The van der Waals surface area contributed by atoms with Gasteiger partial charge in [-0.15, -0.1) is 5.46 Å². The first kappa shape index (κ1) is 33.1. The summed E-state index contributed by atoms with van der Waals surface area (Å²) >= 11 is 6.71. The van der Waals surface area contributed by atoms with E-state index in [1.54, 1.807) is 36.4 Å². The second-order valence-electron chi connectivity index (χ2n) is 12.1. The predicted octanol–water partition coefficient (Wildman–Crippen LogP) is 4.24. The van der Waals surface area contributed by atoms with E-state index in [-0.39, 0.29) is 80.2 Å². The van der Waals surface area contributed by atoms with Gasteiger partial charge in [-0.3, -0.25) is 9.10 Å². The van der Waals surface area contributed by atoms with E-state index in [2.05, 4.69) is 5.32 Å². The van der Waals surface area contributed by atoms with E-state index < -0.39 is 23.5 Å². The minimum absolute atomic E-state index is 0. The number of thiol groups is 1. The molecule has 2 bridgehead atoms. The molecule has 9 nitrogen and oxygen atoms in total. The van der Waals surface area contributed by atoms with Crippen molar-refractivity contribution in [3.8, 4) is 11.3 Å². The quantitative estimate of drug-likeness (QED) is 0.212. The van der Waals surface area contributed by atoms with Gasteiger partial charge in [0.05, 0.1) is 17.8 Å². The molecule has 3 aromatic carbocycles. The van der Waals surface area contributed by atoms with Crippen LogP contribution in [0, 0.1) is 11.2 Å². The number of hydrogen-bond acceptors (Lipinski definition) is 7. The second kappa shape index (κ2) is 12.7. The van der Waals surface area contributed by atoms with Gasteiger partial charge in [0.1, 0.15) is 17.2 Å². The molecule has 4 heterocycles. The van der Waals surface area contributed by atoms with E-state index in [0.717, 1.165) is 24.0 Å². The predicted molar refractivity (Wildman–Crippen MR) is 173 cm³/mol. The Balaban J connectivity index is 0.00000357. The van der Waals surface area contributed by atoms with Crippen LogP contribution >= 0.6 is 11.6 Å². The summed E-state index contributed by atoms with van der Waals surface area (Å²) in [7, 11) is -1.53. The normalized spacial score (nSPS) is 22.4. The second-order valence-corrected chi connectivity index (χ2v) is 13.5. The summed E-state index contributed by atoms with van der Waals surface area (Å²) in [4.78, 5) is 13.0. The number of nitrogens with zero attached hydrogens (tertiary/aromatic N) is 1. The number of furan rings is 1. The van der Waals surface area contributed by atoms with Crippen molar-refractivity contribution in [1.82, 2.24) is 5.32 Å². The first-order valence-corrected chi connectivity index (χ1v) is 15.9. The Bertz CT molecular complexity index is 1850. The fraction of sp³-hybridized carbons (Fsp3) is 0.323. The molecular weight excluding hydrogens is 649 g/mol. The van der Waals surface area contributed by atoms with Gasteiger partial charge < -0.3 is 23.7 Å². The van der Waals surface area contributed by atoms with Crippen LogP contribution in [-0.2, 0) is 31.4 Å². The standard InChI is InChI=1S/C31H30BClFN2O7S.K.H/c1-31-15-40-32(41-16-31,42-17-31)25-10-9-22(12-26(25)33)36(44(38)39)14-20-11-27-24(13-23(20)18-3-4-18)28(30(37)35-2)29(43-27)19-5-7-21(34)8-6-19;;/h5-13,18,44H,3-4,14-17H2,1-2H3,(H,35,37);;/q-1;;. The number of fused-ring (bicyclic) bond motifs is 4. The van der Waals surface area contributed by atoms with Gasteiger partial charge in [-0.2, -0.15) is 0 Å². The third-order valence-electron chi connectivity index (χ3n) is 8.66. The van der Waals surface area contributed by atoms with Crippen LogP contribution in [0.5, 0.6) is 0 Å². The molecule has 1 amide bonds. The summed E-state index contributed by atoms with van der Waals surface area (Å²) in [6.45, 7) is 1.28. The van der Waals surface area contributed by atoms with Crippen molar-refractivity contribution >= 4 is 109 Å². The van der Waals surface area contributed by atoms with Crippen LogP contribution in [0.1, 0.15) is 47.2 Å². The Morgan fingerprint density at radius 3 is 2.31 bits per heavy atom. The van der Waals surface area contributed by atoms with Crippen LogP contribution in [0.4, 0.5) is 10.1 Å². The number of halogens is 2. The van der Waals surface area contributed by atoms with Crippen LogP contribution in [0.15, 0.2) is 59.0 Å². The van der Waals surface area contributed by atoms with Gasteiger partial charge in [0, 0.05) is 48.3 Å². The van der Waals surface area contributed by atoms with Crippen LogP contribution < -0.4 is 15.1 Å². The van der Waals surface area contributed by atoms with Gasteiger partial charge >= 0.3 is 58.1 Å². The van der Waals surface area contributed by atoms with E-state index >= 15 is 0 Å². The molecule has 1 N–H and O–H groups in total. The van der Waals surface area contributed by atoms with Gasteiger partial charge in [-0.05, 0) is 78.4 Å². The first-order chi connectivity index (χ1) is 21.1. The van der Waals surface area contributed by atoms with Crippen LogP contribution in [0.2, 0.25) is 5.02 Å². The van der Waals surface area contributed by atoms with Gasteiger partial charge in [-0.1, -0.05) is 24.6 Å². The zero-order valence-corrected chi connectivity index (χ0v) is 25.8. The van der Waals surface area contributed by atoms with E-state index in [1.165, 1.54) is 23.5 Å². The van der Waals surface area contributed by atoms with Crippen molar-refractivity contribution in [1.29, 1.82) is 0 Å². The Hall–Kier alpha value is -1.78. The summed E-state index contributed by atoms with van der Waals surface area (Å²) in [5, 5.41) is 3.56. The number of benzene rings is 3. The zero-order chi connectivity index (χ0) is 30.8. The molecule has 0 radical (unpaired) electrons. The number of anilines is 1. The number of carbonyl (C=O) groups excluding carboxylic acids is 1. The van der Waals surface area contributed by atoms with Crippen molar-refractivity contribution in [2.45, 2.75) is 32.2 Å². The number of amides is 1. The number of hydrogen-bond donors (Lipinski definition) is 2. The monoisotopic (exact) mass is 679 g/mol. The Morgan fingerprint density at radius 2 is 1.73 bits per heavy atom. The topological polar surface area (TPSA) is 107 Å². The molecule has 45 heavy (non-hydrogen) atoms. The third-order valence-corrected chi connectivity index (χ3v) is 9.76. The zero-order valence-electron chi connectivity index (χ0n) is 24.1. The van der Waals surface area contributed by atoms with Gasteiger partial charge in [0.25, 0.3) is 5.91 Å². The third kappa shape index (κ3) is 6.17. The molecule has 4 fully saturated rings. The molecule has 3 aliphatic heterocycles. The molecule has 8 rings (SSSR count). The Labute approximate surface area is 309 Å². The van der Waals surface area contributed by atoms with Gasteiger partial charge in [0.2, 0.25) is 10.9 Å². The average Bonchev–Trinajstić information content (AvgIpc) is 3.80. The van der Waals surface area contributed by atoms with Crippen molar-refractivity contribution in [2.75, 3.05) is 31.2 Å². The van der Waals surface area contributed by atoms with E-state index in [0.29, 0.717) is 58.8 Å². The summed E-state index contributed by atoms with van der Waals surface area (Å²) in [6, 6.07) is 14.4. The molecule has 0 atom stereocenters. The van der Waals surface area contributed by atoms with Gasteiger partial charge in [0.15, 0.2) is 0 Å². The number of rotatable bonds is 8. The molecule has 3 saturated heterocycles. The van der Waals surface area contributed by atoms with E-state index in [4.69, 9.17) is 30.0 Å². The summed E-state index contributed by atoms with van der Waals surface area (Å²) in [5.74, 6) is -0.204. The molecule has 0 unspecified atom stereocenters. The molecule has 14 heteroatoms. The summed E-state index contributed by atoms with van der Waals surface area (Å²) in [5.41, 5.74) is 3.71. The summed E-state index contributed by atoms with van der Waals surface area (Å²) in [6.07, 6.45) is 1.90. The van der Waals surface area contributed by atoms with Crippen LogP contribution in [0.3, 0.4) is 0 Å². The van der Waals surface area contributed by atoms with Crippen LogP contribution in [-0.4, -0.2) is 99.3 Å². The van der Waals surface area contributed by atoms with Crippen molar-refractivity contribution in [2.24, 2.45) is 5.41 Å². The van der Waals surface area contributed by atoms with Gasteiger partial charge in [-0.25, -0.2) is 12.8 Å².